The van der Waals surface area contributed by atoms with E-state index in [1.807, 2.05) is 19.2 Å². The third-order valence-corrected chi connectivity index (χ3v) is 6.58. The summed E-state index contributed by atoms with van der Waals surface area (Å²) in [6, 6.07) is 1.45. The Kier molecular flexibility index (Phi) is 6.71. The summed E-state index contributed by atoms with van der Waals surface area (Å²) in [4.78, 5) is 35.3. The second kappa shape index (κ2) is 9.66. The van der Waals surface area contributed by atoms with E-state index < -0.39 is 0 Å². The molecule has 0 bridgehead atoms. The number of Topliss-reactive ketones (excluding diaryl/α,β-unsaturated/α-hetero) is 1. The number of ketones is 1. The van der Waals surface area contributed by atoms with Gasteiger partial charge < -0.3 is 25.0 Å². The quantitative estimate of drug-likeness (QED) is 0.446. The fourth-order valence-corrected chi connectivity index (χ4v) is 5.09. The number of rotatable bonds is 8. The molecule has 4 heterocycles. The highest BCUT2D eigenvalue weighted by Crippen LogP contribution is 2.33. The van der Waals surface area contributed by atoms with Crippen LogP contribution >= 0.6 is 11.3 Å². The van der Waals surface area contributed by atoms with Crippen LogP contribution in [-0.2, 0) is 17.6 Å². The first-order valence-corrected chi connectivity index (χ1v) is 11.7. The Morgan fingerprint density at radius 2 is 2.25 bits per heavy atom. The molecule has 1 amide bonds. The first-order chi connectivity index (χ1) is 15.5. The van der Waals surface area contributed by atoms with Crippen molar-refractivity contribution in [1.29, 1.82) is 0 Å². The van der Waals surface area contributed by atoms with Crippen LogP contribution in [0.4, 0.5) is 5.13 Å². The molecule has 0 saturated carbocycles. The molecule has 170 valence electrons. The number of piperazine rings is 1. The Hall–Kier alpha value is -2.98. The Bertz CT molecular complexity index is 1090. The first-order valence-electron chi connectivity index (χ1n) is 10.8. The van der Waals surface area contributed by atoms with Gasteiger partial charge in [0.15, 0.2) is 10.9 Å². The van der Waals surface area contributed by atoms with Crippen molar-refractivity contribution in [2.75, 3.05) is 31.1 Å². The van der Waals surface area contributed by atoms with Gasteiger partial charge in [-0.1, -0.05) is 12.1 Å². The standard InChI is InChI=1S/C22H28N6O3S/c1-4-16-19(14(3)29)13(2)26-20(16)17-12-32-22(27-17)28-10-9-23-11-18(28)21(30)24-7-5-15-6-8-25-31-15/h6,8,12,18,23,26H,4-5,7,9-11H2,1-3H3,(H,24,30)/t18-/m1/s1. The summed E-state index contributed by atoms with van der Waals surface area (Å²) in [5, 5.41) is 12.8. The van der Waals surface area contributed by atoms with Crippen LogP contribution in [0.5, 0.6) is 0 Å². The van der Waals surface area contributed by atoms with Gasteiger partial charge in [0.2, 0.25) is 5.91 Å². The lowest BCUT2D eigenvalue weighted by Gasteiger charge is -2.34. The summed E-state index contributed by atoms with van der Waals surface area (Å²) < 4.78 is 5.08. The number of carbonyl (C=O) groups is 2. The number of hydrogen-bond donors (Lipinski definition) is 3. The average molecular weight is 457 g/mol. The molecule has 1 fully saturated rings. The number of amides is 1. The molecule has 3 aromatic rings. The molecule has 1 aliphatic rings. The van der Waals surface area contributed by atoms with E-state index in [0.29, 0.717) is 26.1 Å². The first kappa shape index (κ1) is 22.2. The summed E-state index contributed by atoms with van der Waals surface area (Å²) in [7, 11) is 0. The highest BCUT2D eigenvalue weighted by molar-refractivity contribution is 7.14. The minimum Gasteiger partial charge on any atom is -0.361 e. The van der Waals surface area contributed by atoms with Crippen molar-refractivity contribution in [3.05, 3.63) is 40.2 Å². The Morgan fingerprint density at radius 3 is 2.97 bits per heavy atom. The molecule has 3 N–H and O–H groups in total. The van der Waals surface area contributed by atoms with Crippen LogP contribution in [0.25, 0.3) is 11.4 Å². The van der Waals surface area contributed by atoms with Crippen LogP contribution in [0.3, 0.4) is 0 Å². The number of nitrogens with zero attached hydrogens (tertiary/aromatic N) is 3. The van der Waals surface area contributed by atoms with E-state index in [9.17, 15) is 9.59 Å². The van der Waals surface area contributed by atoms with Gasteiger partial charge >= 0.3 is 0 Å². The lowest BCUT2D eigenvalue weighted by Crippen LogP contribution is -2.58. The molecule has 1 aliphatic heterocycles. The second-order valence-electron chi connectivity index (χ2n) is 7.84. The molecule has 32 heavy (non-hydrogen) atoms. The lowest BCUT2D eigenvalue weighted by molar-refractivity contribution is -0.122. The topological polar surface area (TPSA) is 116 Å². The van der Waals surface area contributed by atoms with E-state index in [-0.39, 0.29) is 17.7 Å². The van der Waals surface area contributed by atoms with Crippen molar-refractivity contribution in [2.24, 2.45) is 0 Å². The monoisotopic (exact) mass is 456 g/mol. The molecule has 0 unspecified atom stereocenters. The van der Waals surface area contributed by atoms with Crippen LogP contribution in [0, 0.1) is 6.92 Å². The number of carbonyl (C=O) groups excluding carboxylic acids is 2. The summed E-state index contributed by atoms with van der Waals surface area (Å²) in [5.41, 5.74) is 4.31. The van der Waals surface area contributed by atoms with E-state index >= 15 is 0 Å². The van der Waals surface area contributed by atoms with Gasteiger partial charge in [-0.3, -0.25) is 9.59 Å². The normalized spacial score (nSPS) is 16.3. The van der Waals surface area contributed by atoms with Crippen molar-refractivity contribution in [3.8, 4) is 11.4 Å². The maximum Gasteiger partial charge on any atom is 0.244 e. The van der Waals surface area contributed by atoms with Gasteiger partial charge in [0.25, 0.3) is 0 Å². The van der Waals surface area contributed by atoms with Crippen molar-refractivity contribution in [1.82, 2.24) is 25.8 Å². The number of aromatic amines is 1. The maximum absolute atomic E-state index is 12.9. The Balaban J connectivity index is 1.51. The Morgan fingerprint density at radius 1 is 1.41 bits per heavy atom. The molecule has 0 spiro atoms. The number of aryl methyl sites for hydroxylation is 1. The van der Waals surface area contributed by atoms with Crippen molar-refractivity contribution in [2.45, 2.75) is 39.7 Å². The van der Waals surface area contributed by atoms with Crippen molar-refractivity contribution < 1.29 is 14.1 Å². The molecule has 0 aromatic carbocycles. The van der Waals surface area contributed by atoms with E-state index in [1.165, 1.54) is 11.3 Å². The number of hydrogen-bond acceptors (Lipinski definition) is 8. The van der Waals surface area contributed by atoms with E-state index in [2.05, 4.69) is 25.7 Å². The number of thiazole rings is 1. The summed E-state index contributed by atoms with van der Waals surface area (Å²) in [6.45, 7) is 8.07. The molecular formula is C22H28N6O3S. The Labute approximate surface area is 190 Å². The van der Waals surface area contributed by atoms with E-state index in [1.54, 1.807) is 19.2 Å². The zero-order valence-electron chi connectivity index (χ0n) is 18.5. The minimum atomic E-state index is -0.346. The van der Waals surface area contributed by atoms with Crippen LogP contribution in [0.2, 0.25) is 0 Å². The van der Waals surface area contributed by atoms with Gasteiger partial charge in [0.1, 0.15) is 17.5 Å². The van der Waals surface area contributed by atoms with Gasteiger partial charge in [0.05, 0.1) is 11.9 Å². The van der Waals surface area contributed by atoms with Gasteiger partial charge in [0, 0.05) is 55.3 Å². The predicted molar refractivity (Wildman–Crippen MR) is 123 cm³/mol. The van der Waals surface area contributed by atoms with Crippen molar-refractivity contribution >= 4 is 28.2 Å². The zero-order chi connectivity index (χ0) is 22.7. The van der Waals surface area contributed by atoms with Crippen molar-refractivity contribution in [3.63, 3.8) is 0 Å². The maximum atomic E-state index is 12.9. The molecule has 0 radical (unpaired) electrons. The lowest BCUT2D eigenvalue weighted by atomic mass is 10.0. The van der Waals surface area contributed by atoms with Gasteiger partial charge in [-0.2, -0.15) is 0 Å². The summed E-state index contributed by atoms with van der Waals surface area (Å²) >= 11 is 1.52. The number of aromatic nitrogens is 3. The second-order valence-corrected chi connectivity index (χ2v) is 8.67. The third-order valence-electron chi connectivity index (χ3n) is 5.70. The number of H-pyrrole nitrogens is 1. The van der Waals surface area contributed by atoms with Gasteiger partial charge in [-0.15, -0.1) is 11.3 Å². The minimum absolute atomic E-state index is 0.0442. The third kappa shape index (κ3) is 4.46. The molecule has 1 atom stereocenters. The number of nitrogens with one attached hydrogen (secondary N) is 3. The fraction of sp³-hybridized carbons (Fsp3) is 0.455. The molecule has 1 saturated heterocycles. The summed E-state index contributed by atoms with van der Waals surface area (Å²) in [5.74, 6) is 0.755. The van der Waals surface area contributed by atoms with Crippen LogP contribution in [0.1, 0.15) is 41.2 Å². The molecule has 0 aliphatic carbocycles. The van der Waals surface area contributed by atoms with Crippen LogP contribution in [0.15, 0.2) is 22.2 Å². The fourth-order valence-electron chi connectivity index (χ4n) is 4.20. The molecule has 9 nitrogen and oxygen atoms in total. The smallest absolute Gasteiger partial charge is 0.244 e. The molecule has 4 rings (SSSR count). The van der Waals surface area contributed by atoms with Gasteiger partial charge in [-0.05, 0) is 25.8 Å². The number of anilines is 1. The molecular weight excluding hydrogens is 428 g/mol. The van der Waals surface area contributed by atoms with E-state index in [4.69, 9.17) is 9.51 Å². The largest absolute Gasteiger partial charge is 0.361 e. The van der Waals surface area contributed by atoms with Gasteiger partial charge in [-0.25, -0.2) is 4.98 Å². The van der Waals surface area contributed by atoms with Crippen LogP contribution < -0.4 is 15.5 Å². The summed E-state index contributed by atoms with van der Waals surface area (Å²) in [6.07, 6.45) is 2.93. The SMILES string of the molecule is CCc1c(-c2csc(N3CCNC[C@@H]3C(=O)NCCc3ccno3)n2)[nH]c(C)c1C(C)=O. The predicted octanol–water partition coefficient (Wildman–Crippen LogP) is 2.34. The highest BCUT2D eigenvalue weighted by Gasteiger charge is 2.31. The molecule has 10 heteroatoms. The van der Waals surface area contributed by atoms with E-state index in [0.717, 1.165) is 52.1 Å². The highest BCUT2D eigenvalue weighted by atomic mass is 32.1. The molecule has 3 aromatic heterocycles. The average Bonchev–Trinajstić information content (AvgIpc) is 3.53. The van der Waals surface area contributed by atoms with Crippen LogP contribution in [-0.4, -0.2) is 59.0 Å². The zero-order valence-corrected chi connectivity index (χ0v) is 19.3.